The van der Waals surface area contributed by atoms with Gasteiger partial charge in [-0.1, -0.05) is 25.6 Å². The summed E-state index contributed by atoms with van der Waals surface area (Å²) in [6.45, 7) is 8.63. The van der Waals surface area contributed by atoms with Crippen molar-refractivity contribution in [2.45, 2.75) is 39.8 Å². The van der Waals surface area contributed by atoms with Crippen molar-refractivity contribution in [2.24, 2.45) is 10.9 Å². The first-order valence-corrected chi connectivity index (χ1v) is 7.82. The molecule has 1 aromatic rings. The highest BCUT2D eigenvalue weighted by molar-refractivity contribution is 8.14. The van der Waals surface area contributed by atoms with Crippen molar-refractivity contribution in [2.75, 3.05) is 5.75 Å². The third-order valence-corrected chi connectivity index (χ3v) is 4.94. The number of rotatable bonds is 3. The number of amidine groups is 1. The van der Waals surface area contributed by atoms with E-state index in [-0.39, 0.29) is 6.04 Å². The smallest absolute Gasteiger partial charge is 0.157 e. The van der Waals surface area contributed by atoms with Crippen LogP contribution in [-0.4, -0.2) is 21.9 Å². The summed E-state index contributed by atoms with van der Waals surface area (Å²) >= 11 is 3.53. The predicted molar refractivity (Wildman–Crippen MR) is 76.9 cm³/mol. The zero-order valence-electron chi connectivity index (χ0n) is 10.7. The Morgan fingerprint density at radius 1 is 1.41 bits per heavy atom. The fourth-order valence-electron chi connectivity index (χ4n) is 1.63. The highest BCUT2D eigenvalue weighted by atomic mass is 32.2. The molecule has 2 rings (SSSR count). The van der Waals surface area contributed by atoms with Gasteiger partial charge in [0.05, 0.1) is 12.1 Å². The van der Waals surface area contributed by atoms with E-state index in [0.717, 1.165) is 21.6 Å². The number of aliphatic imine (C=N–C) groups is 1. The van der Waals surface area contributed by atoms with Crippen molar-refractivity contribution in [3.8, 4) is 0 Å². The van der Waals surface area contributed by atoms with E-state index in [1.54, 1.807) is 11.3 Å². The monoisotopic (exact) mass is 269 g/mol. The molecule has 2 atom stereocenters. The highest BCUT2D eigenvalue weighted by Crippen LogP contribution is 2.25. The molecule has 1 N–H and O–H groups in total. The zero-order valence-corrected chi connectivity index (χ0v) is 12.4. The quantitative estimate of drug-likeness (QED) is 0.915. The minimum Gasteiger partial charge on any atom is -0.356 e. The van der Waals surface area contributed by atoms with Crippen LogP contribution in [0.1, 0.15) is 37.5 Å². The van der Waals surface area contributed by atoms with Gasteiger partial charge in [-0.2, -0.15) is 0 Å². The van der Waals surface area contributed by atoms with E-state index in [0.29, 0.717) is 12.0 Å². The van der Waals surface area contributed by atoms with Crippen LogP contribution in [-0.2, 0) is 0 Å². The molecule has 0 aliphatic carbocycles. The van der Waals surface area contributed by atoms with Gasteiger partial charge in [0, 0.05) is 16.8 Å². The number of nitrogens with zero attached hydrogens (tertiary/aromatic N) is 2. The SMILES string of the molecule is Cc1csc(C(C)NC2=N[C@@H](C(C)C)CS2)n1. The first-order valence-electron chi connectivity index (χ1n) is 5.95. The Morgan fingerprint density at radius 3 is 2.71 bits per heavy atom. The second kappa shape index (κ2) is 5.40. The average Bonchev–Trinajstić information content (AvgIpc) is 2.86. The molecule has 1 unspecified atom stereocenters. The molecule has 0 amide bonds. The summed E-state index contributed by atoms with van der Waals surface area (Å²) in [5.74, 6) is 1.73. The van der Waals surface area contributed by atoms with Gasteiger partial charge < -0.3 is 5.32 Å². The molecule has 1 aromatic heterocycles. The van der Waals surface area contributed by atoms with Gasteiger partial charge in [0.25, 0.3) is 0 Å². The molecule has 0 saturated carbocycles. The van der Waals surface area contributed by atoms with Crippen LogP contribution in [0, 0.1) is 12.8 Å². The molecule has 94 valence electrons. The summed E-state index contributed by atoms with van der Waals surface area (Å²) < 4.78 is 0. The summed E-state index contributed by atoms with van der Waals surface area (Å²) in [5.41, 5.74) is 1.10. The third kappa shape index (κ3) is 3.22. The Morgan fingerprint density at radius 2 is 2.18 bits per heavy atom. The second-order valence-electron chi connectivity index (χ2n) is 4.75. The molecule has 17 heavy (non-hydrogen) atoms. The lowest BCUT2D eigenvalue weighted by atomic mass is 10.1. The lowest BCUT2D eigenvalue weighted by Gasteiger charge is -2.11. The maximum absolute atomic E-state index is 4.71. The number of thiazole rings is 1. The normalized spacial score (nSPS) is 21.7. The van der Waals surface area contributed by atoms with Crippen molar-refractivity contribution < 1.29 is 0 Å². The average molecular weight is 269 g/mol. The predicted octanol–water partition coefficient (Wildman–Crippen LogP) is 3.23. The summed E-state index contributed by atoms with van der Waals surface area (Å²) in [7, 11) is 0. The molecule has 0 aromatic carbocycles. The maximum Gasteiger partial charge on any atom is 0.157 e. The van der Waals surface area contributed by atoms with Crippen molar-refractivity contribution in [3.05, 3.63) is 16.1 Å². The molecule has 2 heterocycles. The molecule has 0 bridgehead atoms. The third-order valence-electron chi connectivity index (χ3n) is 2.79. The van der Waals surface area contributed by atoms with Crippen LogP contribution < -0.4 is 5.32 Å². The molecule has 1 aliphatic rings. The van der Waals surface area contributed by atoms with E-state index in [1.807, 2.05) is 18.7 Å². The summed E-state index contributed by atoms with van der Waals surface area (Å²) in [4.78, 5) is 9.20. The van der Waals surface area contributed by atoms with Gasteiger partial charge in [-0.3, -0.25) is 4.99 Å². The van der Waals surface area contributed by atoms with Gasteiger partial charge in [-0.25, -0.2) is 4.98 Å². The Hall–Kier alpha value is -0.550. The van der Waals surface area contributed by atoms with Gasteiger partial charge >= 0.3 is 0 Å². The maximum atomic E-state index is 4.71. The molecule has 0 fully saturated rings. The molecular formula is C12H19N3S2. The van der Waals surface area contributed by atoms with Crippen LogP contribution in [0.4, 0.5) is 0 Å². The van der Waals surface area contributed by atoms with Gasteiger partial charge in [0.2, 0.25) is 0 Å². The number of hydrogen-bond donors (Lipinski definition) is 1. The van der Waals surface area contributed by atoms with Gasteiger partial charge in [0.1, 0.15) is 5.01 Å². The van der Waals surface area contributed by atoms with Crippen LogP contribution in [0.15, 0.2) is 10.4 Å². The number of aromatic nitrogens is 1. The number of aryl methyl sites for hydroxylation is 1. The second-order valence-corrected chi connectivity index (χ2v) is 6.65. The molecule has 3 nitrogen and oxygen atoms in total. The zero-order chi connectivity index (χ0) is 12.4. The lowest BCUT2D eigenvalue weighted by molar-refractivity contribution is 0.541. The Labute approximate surface area is 111 Å². The van der Waals surface area contributed by atoms with E-state index in [9.17, 15) is 0 Å². The van der Waals surface area contributed by atoms with Crippen LogP contribution in [0.5, 0.6) is 0 Å². The number of nitrogens with one attached hydrogen (secondary N) is 1. The van der Waals surface area contributed by atoms with Gasteiger partial charge in [-0.05, 0) is 19.8 Å². The van der Waals surface area contributed by atoms with Crippen molar-refractivity contribution in [3.63, 3.8) is 0 Å². The van der Waals surface area contributed by atoms with E-state index in [4.69, 9.17) is 4.99 Å². The first kappa shape index (κ1) is 12.9. The van der Waals surface area contributed by atoms with Crippen molar-refractivity contribution in [1.29, 1.82) is 0 Å². The van der Waals surface area contributed by atoms with Crippen LogP contribution in [0.3, 0.4) is 0 Å². The molecular weight excluding hydrogens is 250 g/mol. The summed E-state index contributed by atoms with van der Waals surface area (Å²) in [6, 6.07) is 0.721. The molecule has 0 spiro atoms. The Kier molecular flexibility index (Phi) is 4.09. The highest BCUT2D eigenvalue weighted by Gasteiger charge is 2.22. The van der Waals surface area contributed by atoms with E-state index >= 15 is 0 Å². The van der Waals surface area contributed by atoms with Crippen LogP contribution in [0.2, 0.25) is 0 Å². The number of thioether (sulfide) groups is 1. The molecule has 0 radical (unpaired) electrons. The van der Waals surface area contributed by atoms with E-state index < -0.39 is 0 Å². The fourth-order valence-corrected chi connectivity index (χ4v) is 3.69. The van der Waals surface area contributed by atoms with Crippen molar-refractivity contribution >= 4 is 28.3 Å². The van der Waals surface area contributed by atoms with Crippen molar-refractivity contribution in [1.82, 2.24) is 10.3 Å². The number of hydrogen-bond acceptors (Lipinski definition) is 5. The largest absolute Gasteiger partial charge is 0.356 e. The molecule has 0 saturated heterocycles. The standard InChI is InChI=1S/C12H19N3S2/c1-7(2)10-6-17-12(15-10)14-9(4)11-13-8(3)5-16-11/h5,7,9-10H,6H2,1-4H3,(H,14,15)/t9?,10-/m1/s1. The molecule has 5 heteroatoms. The minimum atomic E-state index is 0.255. The van der Waals surface area contributed by atoms with Crippen LogP contribution >= 0.6 is 23.1 Å². The van der Waals surface area contributed by atoms with E-state index in [1.165, 1.54) is 0 Å². The molecule has 1 aliphatic heterocycles. The lowest BCUT2D eigenvalue weighted by Crippen LogP contribution is -2.23. The van der Waals surface area contributed by atoms with Gasteiger partial charge in [0.15, 0.2) is 5.17 Å². The Balaban J connectivity index is 1.96. The summed E-state index contributed by atoms with van der Waals surface area (Å²) in [6.07, 6.45) is 0. The Bertz CT molecular complexity index is 412. The van der Waals surface area contributed by atoms with Crippen LogP contribution in [0.25, 0.3) is 0 Å². The van der Waals surface area contributed by atoms with E-state index in [2.05, 4.69) is 36.5 Å². The first-order chi connectivity index (χ1) is 8.06. The summed E-state index contributed by atoms with van der Waals surface area (Å²) in [5, 5.41) is 7.76. The topological polar surface area (TPSA) is 37.3 Å². The van der Waals surface area contributed by atoms with Gasteiger partial charge in [-0.15, -0.1) is 11.3 Å². The fraction of sp³-hybridized carbons (Fsp3) is 0.667. The minimum absolute atomic E-state index is 0.255.